The molecule has 52 heavy (non-hydrogen) atoms. The van der Waals surface area contributed by atoms with Crippen molar-refractivity contribution in [1.82, 2.24) is 15.0 Å². The Morgan fingerprint density at radius 2 is 0.673 bits per heavy atom. The molecule has 0 amide bonds. The van der Waals surface area contributed by atoms with Crippen molar-refractivity contribution in [2.24, 2.45) is 0 Å². The number of nitrogens with zero attached hydrogens (tertiary/aromatic N) is 3. The minimum Gasteiger partial charge on any atom is -0.208 e. The number of hydrogen-bond acceptors (Lipinski definition) is 3. The molecule has 9 aromatic rings. The summed E-state index contributed by atoms with van der Waals surface area (Å²) in [5, 5.41) is 2.45. The molecule has 0 aliphatic heterocycles. The van der Waals surface area contributed by atoms with Crippen LogP contribution >= 0.6 is 0 Å². The zero-order valence-electron chi connectivity index (χ0n) is 28.4. The van der Waals surface area contributed by atoms with E-state index in [4.69, 9.17) is 15.0 Å². The minimum absolute atomic E-state index is 0.628. The molecule has 1 aromatic heterocycles. The maximum absolute atomic E-state index is 5.14. The van der Waals surface area contributed by atoms with Crippen LogP contribution in [0.5, 0.6) is 0 Å². The largest absolute Gasteiger partial charge is 0.208 e. The van der Waals surface area contributed by atoms with Crippen molar-refractivity contribution in [3.05, 3.63) is 200 Å². The highest BCUT2D eigenvalue weighted by Crippen LogP contribution is 2.39. The Bertz CT molecular complexity index is 2610. The Kier molecular flexibility index (Phi) is 8.20. The van der Waals surface area contributed by atoms with Gasteiger partial charge in [-0.2, -0.15) is 0 Å². The minimum atomic E-state index is 0.628. The monoisotopic (exact) mass is 663 g/mol. The lowest BCUT2D eigenvalue weighted by atomic mass is 9.90. The zero-order valence-corrected chi connectivity index (χ0v) is 28.4. The third-order valence-electron chi connectivity index (χ3n) is 9.54. The lowest BCUT2D eigenvalue weighted by Gasteiger charge is -2.15. The van der Waals surface area contributed by atoms with Gasteiger partial charge in [-0.25, -0.2) is 15.0 Å². The van der Waals surface area contributed by atoms with Gasteiger partial charge in [-0.15, -0.1) is 0 Å². The predicted octanol–water partition coefficient (Wildman–Crippen LogP) is 12.7. The molecule has 0 saturated heterocycles. The fourth-order valence-electron chi connectivity index (χ4n) is 6.93. The standard InChI is InChI=1S/C49H33N3/c1-4-15-34(16-5-1)38-23-12-24-39(31-38)40-29-30-45(49-51-47(36-18-6-2-7-19-36)50-48(52-49)37-20-8-3-9-21-37)46(33-40)42-26-13-25-41(32-42)44-28-14-22-35-17-10-11-27-43(35)44/h1-33H. The molecule has 0 N–H and O–H groups in total. The van der Waals surface area contributed by atoms with Crippen molar-refractivity contribution in [2.45, 2.75) is 0 Å². The van der Waals surface area contributed by atoms with Crippen LogP contribution in [0.1, 0.15) is 0 Å². The van der Waals surface area contributed by atoms with E-state index in [-0.39, 0.29) is 0 Å². The highest BCUT2D eigenvalue weighted by atomic mass is 15.0. The number of benzene rings is 8. The lowest BCUT2D eigenvalue weighted by Crippen LogP contribution is -2.01. The van der Waals surface area contributed by atoms with Crippen LogP contribution < -0.4 is 0 Å². The summed E-state index contributed by atoms with van der Waals surface area (Å²) < 4.78 is 0. The summed E-state index contributed by atoms with van der Waals surface area (Å²) in [4.78, 5) is 15.2. The average molecular weight is 664 g/mol. The smallest absolute Gasteiger partial charge is 0.164 e. The van der Waals surface area contributed by atoms with Gasteiger partial charge in [0.1, 0.15) is 0 Å². The Hall–Kier alpha value is -6.97. The van der Waals surface area contributed by atoms with E-state index in [2.05, 4.69) is 140 Å². The average Bonchev–Trinajstić information content (AvgIpc) is 3.24. The molecular weight excluding hydrogens is 631 g/mol. The second-order valence-electron chi connectivity index (χ2n) is 12.9. The second kappa shape index (κ2) is 13.7. The van der Waals surface area contributed by atoms with Crippen LogP contribution in [0.25, 0.3) is 89.4 Å². The molecule has 0 fully saturated rings. The number of fused-ring (bicyclic) bond motifs is 1. The fraction of sp³-hybridized carbons (Fsp3) is 0. The molecule has 1 heterocycles. The summed E-state index contributed by atoms with van der Waals surface area (Å²) >= 11 is 0. The number of rotatable bonds is 7. The van der Waals surface area contributed by atoms with Gasteiger partial charge < -0.3 is 0 Å². The van der Waals surface area contributed by atoms with E-state index in [0.717, 1.165) is 44.5 Å². The van der Waals surface area contributed by atoms with Gasteiger partial charge in [-0.05, 0) is 79.5 Å². The summed E-state index contributed by atoms with van der Waals surface area (Å²) in [6.07, 6.45) is 0. The van der Waals surface area contributed by atoms with E-state index < -0.39 is 0 Å². The SMILES string of the molecule is c1ccc(-c2cccc(-c3ccc(-c4nc(-c5ccccc5)nc(-c5ccccc5)n4)c(-c4cccc(-c5cccc6ccccc56)c4)c3)c2)cc1. The van der Waals surface area contributed by atoms with Crippen LogP contribution in [-0.2, 0) is 0 Å². The topological polar surface area (TPSA) is 38.7 Å². The molecule has 0 radical (unpaired) electrons. The van der Waals surface area contributed by atoms with Gasteiger partial charge >= 0.3 is 0 Å². The molecule has 0 spiro atoms. The highest BCUT2D eigenvalue weighted by Gasteiger charge is 2.18. The fourth-order valence-corrected chi connectivity index (χ4v) is 6.93. The molecular formula is C49H33N3. The molecule has 244 valence electrons. The van der Waals surface area contributed by atoms with E-state index >= 15 is 0 Å². The molecule has 0 bridgehead atoms. The quantitative estimate of drug-likeness (QED) is 0.170. The molecule has 0 saturated carbocycles. The first kappa shape index (κ1) is 31.0. The van der Waals surface area contributed by atoms with Crippen LogP contribution in [-0.4, -0.2) is 15.0 Å². The maximum atomic E-state index is 5.14. The first-order valence-electron chi connectivity index (χ1n) is 17.5. The summed E-state index contributed by atoms with van der Waals surface area (Å²) in [7, 11) is 0. The van der Waals surface area contributed by atoms with Gasteiger partial charge in [-0.3, -0.25) is 0 Å². The molecule has 3 heteroatoms. The van der Waals surface area contributed by atoms with Crippen molar-refractivity contribution in [3.8, 4) is 78.7 Å². The van der Waals surface area contributed by atoms with Crippen molar-refractivity contribution in [3.63, 3.8) is 0 Å². The van der Waals surface area contributed by atoms with E-state index in [0.29, 0.717) is 17.5 Å². The zero-order chi connectivity index (χ0) is 34.7. The van der Waals surface area contributed by atoms with Crippen LogP contribution in [0.4, 0.5) is 0 Å². The summed E-state index contributed by atoms with van der Waals surface area (Å²) in [5.41, 5.74) is 11.9. The van der Waals surface area contributed by atoms with Crippen LogP contribution in [0, 0.1) is 0 Å². The van der Waals surface area contributed by atoms with Gasteiger partial charge in [0.25, 0.3) is 0 Å². The summed E-state index contributed by atoms with van der Waals surface area (Å²) in [6.45, 7) is 0. The summed E-state index contributed by atoms with van der Waals surface area (Å²) in [6, 6.07) is 70.1. The third kappa shape index (κ3) is 6.17. The third-order valence-corrected chi connectivity index (χ3v) is 9.54. The van der Waals surface area contributed by atoms with Gasteiger partial charge in [0.2, 0.25) is 0 Å². The predicted molar refractivity (Wildman–Crippen MR) is 215 cm³/mol. The van der Waals surface area contributed by atoms with E-state index in [1.165, 1.54) is 27.5 Å². The maximum Gasteiger partial charge on any atom is 0.164 e. The van der Waals surface area contributed by atoms with Crippen LogP contribution in [0.15, 0.2) is 200 Å². The number of hydrogen-bond donors (Lipinski definition) is 0. The van der Waals surface area contributed by atoms with Crippen molar-refractivity contribution in [1.29, 1.82) is 0 Å². The van der Waals surface area contributed by atoms with Gasteiger partial charge in [-0.1, -0.05) is 176 Å². The van der Waals surface area contributed by atoms with Gasteiger partial charge in [0.15, 0.2) is 17.5 Å². The Labute approximate surface area is 303 Å². The van der Waals surface area contributed by atoms with Crippen LogP contribution in [0.3, 0.4) is 0 Å². The molecule has 3 nitrogen and oxygen atoms in total. The van der Waals surface area contributed by atoms with E-state index in [9.17, 15) is 0 Å². The van der Waals surface area contributed by atoms with Crippen molar-refractivity contribution < 1.29 is 0 Å². The molecule has 0 aliphatic rings. The highest BCUT2D eigenvalue weighted by molar-refractivity contribution is 5.98. The molecule has 0 atom stereocenters. The Morgan fingerprint density at radius 3 is 1.35 bits per heavy atom. The second-order valence-corrected chi connectivity index (χ2v) is 12.9. The molecule has 0 aliphatic carbocycles. The van der Waals surface area contributed by atoms with Crippen molar-refractivity contribution in [2.75, 3.05) is 0 Å². The molecule has 0 unspecified atom stereocenters. The van der Waals surface area contributed by atoms with Gasteiger partial charge in [0.05, 0.1) is 0 Å². The van der Waals surface area contributed by atoms with Crippen molar-refractivity contribution >= 4 is 10.8 Å². The number of aromatic nitrogens is 3. The van der Waals surface area contributed by atoms with Gasteiger partial charge in [0, 0.05) is 16.7 Å². The first-order chi connectivity index (χ1) is 25.8. The summed E-state index contributed by atoms with van der Waals surface area (Å²) in [5.74, 6) is 1.90. The van der Waals surface area contributed by atoms with E-state index in [1.54, 1.807) is 0 Å². The Morgan fingerprint density at radius 1 is 0.231 bits per heavy atom. The first-order valence-corrected chi connectivity index (χ1v) is 17.5. The Balaban J connectivity index is 1.26. The van der Waals surface area contributed by atoms with E-state index in [1.807, 2.05) is 60.7 Å². The normalized spacial score (nSPS) is 11.1. The lowest BCUT2D eigenvalue weighted by molar-refractivity contribution is 1.07. The molecule has 8 aromatic carbocycles. The molecule has 9 rings (SSSR count). The van der Waals surface area contributed by atoms with Crippen LogP contribution in [0.2, 0.25) is 0 Å².